The molecule has 0 aliphatic rings. The van der Waals surface area contributed by atoms with Crippen molar-refractivity contribution in [3.05, 3.63) is 45.8 Å². The summed E-state index contributed by atoms with van der Waals surface area (Å²) in [5, 5.41) is 12.8. The van der Waals surface area contributed by atoms with E-state index in [0.29, 0.717) is 17.0 Å². The predicted octanol–water partition coefficient (Wildman–Crippen LogP) is 3.20. The second-order valence-electron chi connectivity index (χ2n) is 3.47. The molecule has 1 aromatic heterocycles. The van der Waals surface area contributed by atoms with Gasteiger partial charge in [0.05, 0.1) is 5.56 Å². The third-order valence-corrected chi connectivity index (χ3v) is 2.61. The van der Waals surface area contributed by atoms with Crippen LogP contribution in [0.2, 0.25) is 0 Å². The van der Waals surface area contributed by atoms with Gasteiger partial charge in [0, 0.05) is 10.5 Å². The van der Waals surface area contributed by atoms with Crippen LogP contribution in [0.25, 0.3) is 0 Å². The van der Waals surface area contributed by atoms with Gasteiger partial charge in [-0.1, -0.05) is 21.1 Å². The fourth-order valence-electron chi connectivity index (χ4n) is 1.35. The molecule has 17 heavy (non-hydrogen) atoms. The van der Waals surface area contributed by atoms with Crippen molar-refractivity contribution in [2.45, 2.75) is 13.5 Å². The van der Waals surface area contributed by atoms with Gasteiger partial charge in [0.25, 0.3) is 0 Å². The average molecular weight is 293 g/mol. The maximum absolute atomic E-state index is 8.96. The first kappa shape index (κ1) is 11.7. The summed E-state index contributed by atoms with van der Waals surface area (Å²) < 4.78 is 11.3. The summed E-state index contributed by atoms with van der Waals surface area (Å²) in [6.07, 6.45) is 0. The highest BCUT2D eigenvalue weighted by atomic mass is 79.9. The van der Waals surface area contributed by atoms with Gasteiger partial charge < -0.3 is 9.26 Å². The molecular weight excluding hydrogens is 284 g/mol. The van der Waals surface area contributed by atoms with Gasteiger partial charge >= 0.3 is 0 Å². The van der Waals surface area contributed by atoms with Crippen molar-refractivity contribution in [1.29, 1.82) is 5.26 Å². The van der Waals surface area contributed by atoms with E-state index in [-0.39, 0.29) is 6.61 Å². The summed E-state index contributed by atoms with van der Waals surface area (Å²) in [6.45, 7) is 2.10. The molecule has 0 saturated carbocycles. The Morgan fingerprint density at radius 3 is 2.94 bits per heavy atom. The monoisotopic (exact) mass is 292 g/mol. The smallest absolute Gasteiger partial charge is 0.137 e. The van der Waals surface area contributed by atoms with E-state index >= 15 is 0 Å². The number of rotatable bonds is 3. The Kier molecular flexibility index (Phi) is 3.45. The standard InChI is InChI=1S/C12H9BrN2O2/c1-8-4-11(15-17-8)7-16-12-3-2-10(13)5-9(12)6-14/h2-5H,7H2,1H3. The first-order valence-corrected chi connectivity index (χ1v) is 5.73. The lowest BCUT2D eigenvalue weighted by molar-refractivity contribution is 0.287. The number of nitriles is 1. The topological polar surface area (TPSA) is 59.0 Å². The van der Waals surface area contributed by atoms with Crippen LogP contribution in [-0.4, -0.2) is 5.16 Å². The van der Waals surface area contributed by atoms with Gasteiger partial charge in [-0.2, -0.15) is 5.26 Å². The third kappa shape index (κ3) is 2.86. The largest absolute Gasteiger partial charge is 0.486 e. The van der Waals surface area contributed by atoms with Crippen molar-refractivity contribution < 1.29 is 9.26 Å². The van der Waals surface area contributed by atoms with E-state index in [1.165, 1.54) is 0 Å². The summed E-state index contributed by atoms with van der Waals surface area (Å²) in [5.74, 6) is 1.27. The van der Waals surface area contributed by atoms with Crippen molar-refractivity contribution in [1.82, 2.24) is 5.16 Å². The summed E-state index contributed by atoms with van der Waals surface area (Å²) >= 11 is 3.30. The van der Waals surface area contributed by atoms with Gasteiger partial charge in [0.1, 0.15) is 29.9 Å². The predicted molar refractivity (Wildman–Crippen MR) is 64.4 cm³/mol. The van der Waals surface area contributed by atoms with E-state index in [1.54, 1.807) is 18.2 Å². The molecule has 0 N–H and O–H groups in total. The number of aryl methyl sites for hydroxylation is 1. The molecule has 2 rings (SSSR count). The molecule has 0 aliphatic heterocycles. The van der Waals surface area contributed by atoms with E-state index in [1.807, 2.05) is 13.0 Å². The Hall–Kier alpha value is -1.80. The first-order chi connectivity index (χ1) is 8.19. The first-order valence-electron chi connectivity index (χ1n) is 4.93. The van der Waals surface area contributed by atoms with E-state index < -0.39 is 0 Å². The van der Waals surface area contributed by atoms with Crippen molar-refractivity contribution >= 4 is 15.9 Å². The molecule has 1 aromatic carbocycles. The Bertz CT molecular complexity index is 572. The second kappa shape index (κ2) is 5.02. The van der Waals surface area contributed by atoms with Crippen molar-refractivity contribution in [3.63, 3.8) is 0 Å². The van der Waals surface area contributed by atoms with Crippen LogP contribution >= 0.6 is 15.9 Å². The highest BCUT2D eigenvalue weighted by Gasteiger charge is 2.06. The van der Waals surface area contributed by atoms with E-state index in [0.717, 1.165) is 10.2 Å². The number of benzene rings is 1. The molecule has 5 heteroatoms. The average Bonchev–Trinajstić information content (AvgIpc) is 2.73. The number of nitrogens with zero attached hydrogens (tertiary/aromatic N) is 2. The summed E-state index contributed by atoms with van der Waals surface area (Å²) in [7, 11) is 0. The van der Waals surface area contributed by atoms with Crippen LogP contribution in [-0.2, 0) is 6.61 Å². The zero-order valence-electron chi connectivity index (χ0n) is 9.11. The van der Waals surface area contributed by atoms with E-state index in [9.17, 15) is 0 Å². The van der Waals surface area contributed by atoms with E-state index in [4.69, 9.17) is 14.5 Å². The summed E-state index contributed by atoms with van der Waals surface area (Å²) in [4.78, 5) is 0. The molecule has 0 unspecified atom stereocenters. The van der Waals surface area contributed by atoms with Crippen LogP contribution in [0, 0.1) is 18.3 Å². The molecule has 0 fully saturated rings. The number of ether oxygens (including phenoxy) is 1. The minimum Gasteiger partial charge on any atom is -0.486 e. The zero-order valence-corrected chi connectivity index (χ0v) is 10.7. The highest BCUT2D eigenvalue weighted by molar-refractivity contribution is 9.10. The van der Waals surface area contributed by atoms with Gasteiger partial charge in [-0.3, -0.25) is 0 Å². The molecule has 0 saturated heterocycles. The number of halogens is 1. The lowest BCUT2D eigenvalue weighted by Gasteiger charge is -2.05. The molecule has 0 spiro atoms. The SMILES string of the molecule is Cc1cc(COc2ccc(Br)cc2C#N)no1. The number of hydrogen-bond donors (Lipinski definition) is 0. The summed E-state index contributed by atoms with van der Waals surface area (Å²) in [5.41, 5.74) is 1.19. The van der Waals surface area contributed by atoms with Crippen LogP contribution in [0.5, 0.6) is 5.75 Å². The zero-order chi connectivity index (χ0) is 12.3. The lowest BCUT2D eigenvalue weighted by atomic mass is 10.2. The van der Waals surface area contributed by atoms with Crippen LogP contribution in [0.4, 0.5) is 0 Å². The molecule has 0 amide bonds. The van der Waals surface area contributed by atoms with Gasteiger partial charge in [-0.25, -0.2) is 0 Å². The molecule has 86 valence electrons. The molecule has 1 heterocycles. The molecule has 2 aromatic rings. The molecule has 4 nitrogen and oxygen atoms in total. The van der Waals surface area contributed by atoms with Crippen LogP contribution in [0.15, 0.2) is 33.3 Å². The Morgan fingerprint density at radius 2 is 2.29 bits per heavy atom. The van der Waals surface area contributed by atoms with Crippen LogP contribution in [0.3, 0.4) is 0 Å². The van der Waals surface area contributed by atoms with Crippen molar-refractivity contribution in [3.8, 4) is 11.8 Å². The highest BCUT2D eigenvalue weighted by Crippen LogP contribution is 2.23. The van der Waals surface area contributed by atoms with Crippen molar-refractivity contribution in [2.75, 3.05) is 0 Å². The van der Waals surface area contributed by atoms with E-state index in [2.05, 4.69) is 27.2 Å². The normalized spacial score (nSPS) is 9.94. The second-order valence-corrected chi connectivity index (χ2v) is 4.39. The minimum atomic E-state index is 0.285. The molecule has 0 bridgehead atoms. The van der Waals surface area contributed by atoms with Gasteiger partial charge in [0.2, 0.25) is 0 Å². The van der Waals surface area contributed by atoms with Gasteiger partial charge in [0.15, 0.2) is 0 Å². The molecule has 0 radical (unpaired) electrons. The Labute approximate surface area is 107 Å². The van der Waals surface area contributed by atoms with Gasteiger partial charge in [-0.15, -0.1) is 0 Å². The molecular formula is C12H9BrN2O2. The Balaban J connectivity index is 2.12. The lowest BCUT2D eigenvalue weighted by Crippen LogP contribution is -1.97. The molecule has 0 atom stereocenters. The number of hydrogen-bond acceptors (Lipinski definition) is 4. The molecule has 0 aliphatic carbocycles. The van der Waals surface area contributed by atoms with Crippen molar-refractivity contribution in [2.24, 2.45) is 0 Å². The summed E-state index contributed by atoms with van der Waals surface area (Å²) in [6, 6.07) is 9.16. The minimum absolute atomic E-state index is 0.285. The quantitative estimate of drug-likeness (QED) is 0.872. The fourth-order valence-corrected chi connectivity index (χ4v) is 1.71. The van der Waals surface area contributed by atoms with Crippen LogP contribution < -0.4 is 4.74 Å². The van der Waals surface area contributed by atoms with Crippen LogP contribution in [0.1, 0.15) is 17.0 Å². The fraction of sp³-hybridized carbons (Fsp3) is 0.167. The maximum atomic E-state index is 8.96. The number of aromatic nitrogens is 1. The third-order valence-electron chi connectivity index (χ3n) is 2.11. The Morgan fingerprint density at radius 1 is 1.47 bits per heavy atom. The van der Waals surface area contributed by atoms with Gasteiger partial charge in [-0.05, 0) is 25.1 Å². The maximum Gasteiger partial charge on any atom is 0.137 e.